The van der Waals surface area contributed by atoms with Gasteiger partial charge in [0.25, 0.3) is 5.91 Å². The van der Waals surface area contributed by atoms with Gasteiger partial charge in [0.15, 0.2) is 0 Å². The van der Waals surface area contributed by atoms with Crippen LogP contribution in [0, 0.1) is 17.1 Å². The quantitative estimate of drug-likeness (QED) is 0.307. The largest absolute Gasteiger partial charge is 0.400 e. The molecule has 1 atom stereocenters. The third kappa shape index (κ3) is 6.06. The third-order valence-electron chi connectivity index (χ3n) is 7.88. The van der Waals surface area contributed by atoms with Crippen LogP contribution in [-0.2, 0) is 15.6 Å². The van der Waals surface area contributed by atoms with Crippen molar-refractivity contribution in [1.29, 1.82) is 5.26 Å². The number of nitriles is 1. The van der Waals surface area contributed by atoms with E-state index >= 15 is 0 Å². The van der Waals surface area contributed by atoms with E-state index in [1.54, 1.807) is 26.1 Å². The molecule has 5 rings (SSSR count). The van der Waals surface area contributed by atoms with E-state index < -0.39 is 33.3 Å². The number of halogens is 3. The first kappa shape index (κ1) is 30.8. The number of benzene rings is 2. The van der Waals surface area contributed by atoms with Gasteiger partial charge in [-0.05, 0) is 68.1 Å². The zero-order valence-corrected chi connectivity index (χ0v) is 26.0. The number of nitrogens with zero attached hydrogens (tertiary/aromatic N) is 3. The molecule has 2 heterocycles. The van der Waals surface area contributed by atoms with Crippen LogP contribution in [0.15, 0.2) is 58.9 Å². The molecule has 13 heteroatoms. The Bertz CT molecular complexity index is 1860. The molecule has 0 bridgehead atoms. The van der Waals surface area contributed by atoms with Crippen LogP contribution in [0.5, 0.6) is 0 Å². The molecule has 2 aromatic carbocycles. The minimum absolute atomic E-state index is 0.0172. The van der Waals surface area contributed by atoms with Gasteiger partial charge >= 0.3 is 0 Å². The summed E-state index contributed by atoms with van der Waals surface area (Å²) in [7, 11) is -1.82. The maximum absolute atomic E-state index is 14.7. The number of rotatable bonds is 7. The number of carbonyl (C=O) groups excluding carboxylic acids is 1. The summed E-state index contributed by atoms with van der Waals surface area (Å²) >= 11 is 13.1. The Hall–Kier alpha value is -3.69. The first-order valence-electron chi connectivity index (χ1n) is 13.4. The maximum Gasteiger partial charge on any atom is 0.256 e. The average Bonchev–Trinajstić information content (AvgIpc) is 3.55. The second-order valence-electron chi connectivity index (χ2n) is 10.8. The van der Waals surface area contributed by atoms with Crippen molar-refractivity contribution < 1.29 is 17.6 Å². The fourth-order valence-corrected chi connectivity index (χ4v) is 7.18. The van der Waals surface area contributed by atoms with Crippen molar-refractivity contribution in [3.05, 3.63) is 92.1 Å². The monoisotopic (exact) mass is 642 g/mol. The summed E-state index contributed by atoms with van der Waals surface area (Å²) in [6, 6.07) is 10.6. The fourth-order valence-electron chi connectivity index (χ4n) is 5.62. The van der Waals surface area contributed by atoms with Gasteiger partial charge in [0.05, 0.1) is 34.1 Å². The zero-order chi connectivity index (χ0) is 31.3. The van der Waals surface area contributed by atoms with Crippen molar-refractivity contribution >= 4 is 44.8 Å². The molecule has 224 valence electrons. The molecule has 0 spiro atoms. The van der Waals surface area contributed by atoms with Crippen LogP contribution in [-0.4, -0.2) is 55.8 Å². The lowest BCUT2D eigenvalue weighted by molar-refractivity contribution is 0.0706. The molecule has 1 fully saturated rings. The number of hydrogen-bond acceptors (Lipinski definition) is 6. The molecule has 1 amide bonds. The fraction of sp³-hybridized carbons (Fsp3) is 0.300. The van der Waals surface area contributed by atoms with Crippen LogP contribution in [0.1, 0.15) is 53.4 Å². The van der Waals surface area contributed by atoms with E-state index in [1.165, 1.54) is 23.2 Å². The van der Waals surface area contributed by atoms with Crippen molar-refractivity contribution in [3.63, 3.8) is 0 Å². The van der Waals surface area contributed by atoms with E-state index in [-0.39, 0.29) is 28.4 Å². The number of H-pyrrole nitrogens is 1. The van der Waals surface area contributed by atoms with Crippen molar-refractivity contribution in [2.24, 2.45) is 10.7 Å². The van der Waals surface area contributed by atoms with Crippen molar-refractivity contribution in [2.45, 2.75) is 37.8 Å². The van der Waals surface area contributed by atoms with Gasteiger partial charge in [0, 0.05) is 52.8 Å². The summed E-state index contributed by atoms with van der Waals surface area (Å²) in [6.07, 6.45) is 4.30. The molecule has 2 aliphatic rings. The molecule has 9 nitrogen and oxygen atoms in total. The molecule has 1 unspecified atom stereocenters. The van der Waals surface area contributed by atoms with Crippen LogP contribution in [0.3, 0.4) is 0 Å². The third-order valence-corrected chi connectivity index (χ3v) is 9.26. The van der Waals surface area contributed by atoms with Crippen LogP contribution in [0.2, 0.25) is 10.0 Å². The summed E-state index contributed by atoms with van der Waals surface area (Å²) in [4.78, 5) is 22.6. The lowest BCUT2D eigenvalue weighted by Gasteiger charge is -2.36. The molecule has 1 aliphatic heterocycles. The first-order chi connectivity index (χ1) is 20.3. The summed E-state index contributed by atoms with van der Waals surface area (Å²) in [5.74, 6) is -1.13. The Labute approximate surface area is 259 Å². The Morgan fingerprint density at radius 2 is 1.95 bits per heavy atom. The number of nitrogens with one attached hydrogen (secondary N) is 2. The Kier molecular flexibility index (Phi) is 8.17. The predicted octanol–water partition coefficient (Wildman–Crippen LogP) is 5.10. The van der Waals surface area contributed by atoms with Gasteiger partial charge in [-0.1, -0.05) is 23.2 Å². The lowest BCUT2D eigenvalue weighted by atomic mass is 9.90. The number of sulfonamides is 1. The highest BCUT2D eigenvalue weighted by molar-refractivity contribution is 7.88. The number of nitrogens with two attached hydrogens (primary N) is 1. The van der Waals surface area contributed by atoms with Crippen molar-refractivity contribution in [3.8, 4) is 17.2 Å². The lowest BCUT2D eigenvalue weighted by Crippen LogP contribution is -2.46. The van der Waals surface area contributed by atoms with E-state index in [4.69, 9.17) is 34.2 Å². The van der Waals surface area contributed by atoms with Gasteiger partial charge in [-0.25, -0.2) is 17.5 Å². The molecular formula is C30H29Cl2FN6O3S. The molecule has 1 aromatic heterocycles. The molecule has 0 radical (unpaired) electrons. The molecule has 0 saturated heterocycles. The Morgan fingerprint density at radius 3 is 2.56 bits per heavy atom. The molecular weight excluding hydrogens is 614 g/mol. The van der Waals surface area contributed by atoms with Crippen LogP contribution < -0.4 is 10.5 Å². The van der Waals surface area contributed by atoms with Crippen LogP contribution in [0.25, 0.3) is 11.1 Å². The summed E-state index contributed by atoms with van der Waals surface area (Å²) in [5.41, 5.74) is 10.1. The van der Waals surface area contributed by atoms with Gasteiger partial charge in [-0.2, -0.15) is 5.26 Å². The maximum atomic E-state index is 14.7. The molecule has 1 aliphatic carbocycles. The number of aromatic amines is 1. The minimum atomic E-state index is -3.45. The normalized spacial score (nSPS) is 18.5. The average molecular weight is 644 g/mol. The van der Waals surface area contributed by atoms with Gasteiger partial charge in [0.2, 0.25) is 10.0 Å². The van der Waals surface area contributed by atoms with Crippen molar-refractivity contribution in [2.75, 3.05) is 19.8 Å². The summed E-state index contributed by atoms with van der Waals surface area (Å²) in [5, 5.41) is 9.63. The number of aromatic nitrogens is 1. The number of amides is 1. The first-order valence-corrected chi connectivity index (χ1v) is 16.1. The highest BCUT2D eigenvalue weighted by atomic mass is 35.5. The van der Waals surface area contributed by atoms with E-state index in [9.17, 15) is 17.6 Å². The highest BCUT2D eigenvalue weighted by Gasteiger charge is 2.47. The minimum Gasteiger partial charge on any atom is -0.400 e. The Balaban J connectivity index is 1.46. The molecule has 3 aromatic rings. The Morgan fingerprint density at radius 1 is 1.23 bits per heavy atom. The molecule has 43 heavy (non-hydrogen) atoms. The topological polar surface area (TPSA) is 144 Å². The van der Waals surface area contributed by atoms with Gasteiger partial charge in [0.1, 0.15) is 17.6 Å². The smallest absolute Gasteiger partial charge is 0.256 e. The van der Waals surface area contributed by atoms with E-state index in [0.717, 1.165) is 23.5 Å². The zero-order valence-electron chi connectivity index (χ0n) is 23.6. The van der Waals surface area contributed by atoms with E-state index in [0.29, 0.717) is 46.8 Å². The predicted molar refractivity (Wildman–Crippen MR) is 165 cm³/mol. The second kappa shape index (κ2) is 11.4. The van der Waals surface area contributed by atoms with Crippen LogP contribution in [0.4, 0.5) is 4.39 Å². The van der Waals surface area contributed by atoms with Gasteiger partial charge < -0.3 is 15.6 Å². The molecule has 1 saturated carbocycles. The van der Waals surface area contributed by atoms with Crippen LogP contribution >= 0.6 is 23.2 Å². The number of hydrogen-bond donors (Lipinski definition) is 3. The second-order valence-corrected chi connectivity index (χ2v) is 13.4. The van der Waals surface area contributed by atoms with Gasteiger partial charge in [-0.15, -0.1) is 0 Å². The summed E-state index contributed by atoms with van der Waals surface area (Å²) in [6.45, 7) is 2.03. The SMILES string of the molecule is CN=C(C1=C(N)C(C)N(C(=O)c2cc(F)cc(-c3c[nH]c(C#N)c3)c2Cl)CC1)c1cc(Cl)cc(C2(NS(C)(=O)=O)CC2)c1. The van der Waals surface area contributed by atoms with E-state index in [1.807, 2.05) is 12.1 Å². The van der Waals surface area contributed by atoms with Gasteiger partial charge in [-0.3, -0.25) is 9.79 Å². The van der Waals surface area contributed by atoms with E-state index in [2.05, 4.69) is 14.7 Å². The number of carbonyl (C=O) groups is 1. The highest BCUT2D eigenvalue weighted by Crippen LogP contribution is 2.47. The van der Waals surface area contributed by atoms with Crippen molar-refractivity contribution in [1.82, 2.24) is 14.6 Å². The summed E-state index contributed by atoms with van der Waals surface area (Å²) < 4.78 is 41.5. The standard InChI is InChI=1S/C30H29Cl2FN6O3S/c1-16-27(35)23(28(36-2)17-8-19(11-20(31)9-17)30(5-6-30)38-43(3,41)42)4-7-39(16)29(40)25-13-21(33)12-24(26(25)32)18-10-22(14-34)37-15-18/h8-13,15-16,37-38H,4-7,35H2,1-3H3. The number of aliphatic imine (C=N–C) groups is 1. The molecule has 4 N–H and O–H groups in total.